The molecule has 0 bridgehead atoms. The summed E-state index contributed by atoms with van der Waals surface area (Å²) >= 11 is 0. The van der Waals surface area contributed by atoms with E-state index in [1.54, 1.807) is 0 Å². The van der Waals surface area contributed by atoms with Crippen molar-refractivity contribution >= 4 is 0 Å². The maximum absolute atomic E-state index is 10.6. The van der Waals surface area contributed by atoms with E-state index in [4.69, 9.17) is 4.74 Å². The molecule has 1 N–H and O–H groups in total. The van der Waals surface area contributed by atoms with Crippen LogP contribution in [-0.4, -0.2) is 17.8 Å². The van der Waals surface area contributed by atoms with Crippen LogP contribution in [0.1, 0.15) is 62.8 Å². The van der Waals surface area contributed by atoms with Gasteiger partial charge in [-0.15, -0.1) is 0 Å². The smallest absolute Gasteiger partial charge is 0.0795 e. The lowest BCUT2D eigenvalue weighted by Gasteiger charge is -2.36. The highest BCUT2D eigenvalue weighted by atomic mass is 16.5. The Balaban J connectivity index is 1.96. The maximum Gasteiger partial charge on any atom is 0.0795 e. The van der Waals surface area contributed by atoms with Gasteiger partial charge >= 0.3 is 0 Å². The third-order valence-corrected chi connectivity index (χ3v) is 4.51. The molecule has 0 spiro atoms. The highest BCUT2D eigenvalue weighted by Gasteiger charge is 2.31. The van der Waals surface area contributed by atoms with Gasteiger partial charge in [0, 0.05) is 6.61 Å². The van der Waals surface area contributed by atoms with Crippen LogP contribution < -0.4 is 0 Å². The second-order valence-corrected chi connectivity index (χ2v) is 5.91. The predicted octanol–water partition coefficient (Wildman–Crippen LogP) is 4.05. The first-order chi connectivity index (χ1) is 9.67. The van der Waals surface area contributed by atoms with E-state index in [0.717, 1.165) is 44.3 Å². The number of aryl methyl sites for hydroxylation is 2. The summed E-state index contributed by atoms with van der Waals surface area (Å²) in [6.45, 7) is 7.17. The summed E-state index contributed by atoms with van der Waals surface area (Å²) in [7, 11) is 0. The van der Waals surface area contributed by atoms with Gasteiger partial charge < -0.3 is 9.84 Å². The first-order valence-corrected chi connectivity index (χ1v) is 8.09. The van der Waals surface area contributed by atoms with Crippen LogP contribution in [0.15, 0.2) is 18.2 Å². The Morgan fingerprint density at radius 2 is 1.95 bits per heavy atom. The molecule has 1 fully saturated rings. The molecule has 2 rings (SSSR count). The summed E-state index contributed by atoms with van der Waals surface area (Å²) in [6, 6.07) is 6.56. The molecule has 1 aliphatic rings. The van der Waals surface area contributed by atoms with Crippen LogP contribution in [0.25, 0.3) is 0 Å². The number of aliphatic hydroxyl groups excluding tert-OH is 1. The second-order valence-electron chi connectivity index (χ2n) is 5.91. The zero-order valence-electron chi connectivity index (χ0n) is 13.1. The van der Waals surface area contributed by atoms with Crippen LogP contribution in [0.4, 0.5) is 0 Å². The number of aliphatic hydroxyl groups is 1. The molecule has 0 amide bonds. The van der Waals surface area contributed by atoms with Crippen LogP contribution in [0.5, 0.6) is 0 Å². The minimum atomic E-state index is -0.316. The third-order valence-electron chi connectivity index (χ3n) is 4.51. The van der Waals surface area contributed by atoms with Crippen LogP contribution in [0, 0.1) is 5.92 Å². The first kappa shape index (κ1) is 15.5. The standard InChI is InChI=1S/C18H28O2/c1-4-13-7-8-15(5-2)17(11-13)18(19)12-14-9-16(10-14)20-6-3/h7-8,11,14,16,18-19H,4-6,9-10,12H2,1-3H3. The lowest BCUT2D eigenvalue weighted by molar-refractivity contribution is -0.0380. The van der Waals surface area contributed by atoms with Gasteiger partial charge in [0.15, 0.2) is 0 Å². The van der Waals surface area contributed by atoms with E-state index in [1.165, 1.54) is 11.1 Å². The molecule has 1 aliphatic carbocycles. The van der Waals surface area contributed by atoms with Crippen molar-refractivity contribution in [2.45, 2.75) is 65.1 Å². The van der Waals surface area contributed by atoms with E-state index in [9.17, 15) is 5.11 Å². The third kappa shape index (κ3) is 3.62. The number of rotatable bonds is 7. The Morgan fingerprint density at radius 3 is 2.55 bits per heavy atom. The van der Waals surface area contributed by atoms with Crippen molar-refractivity contribution < 1.29 is 9.84 Å². The number of hydrogen-bond acceptors (Lipinski definition) is 2. The molecule has 1 atom stereocenters. The topological polar surface area (TPSA) is 29.5 Å². The number of ether oxygens (including phenoxy) is 1. The molecule has 0 saturated heterocycles. The lowest BCUT2D eigenvalue weighted by atomic mass is 9.77. The molecule has 20 heavy (non-hydrogen) atoms. The minimum Gasteiger partial charge on any atom is -0.388 e. The Morgan fingerprint density at radius 1 is 1.20 bits per heavy atom. The molecule has 0 heterocycles. The Hall–Kier alpha value is -0.860. The van der Waals surface area contributed by atoms with Crippen LogP contribution in [0.3, 0.4) is 0 Å². The number of hydrogen-bond donors (Lipinski definition) is 1. The van der Waals surface area contributed by atoms with Gasteiger partial charge in [-0.3, -0.25) is 0 Å². The predicted molar refractivity (Wildman–Crippen MR) is 82.9 cm³/mol. The summed E-state index contributed by atoms with van der Waals surface area (Å²) in [6.07, 6.45) is 5.24. The fraction of sp³-hybridized carbons (Fsp3) is 0.667. The molecule has 0 aliphatic heterocycles. The molecule has 1 unspecified atom stereocenters. The van der Waals surface area contributed by atoms with Crippen LogP contribution in [0.2, 0.25) is 0 Å². The molecule has 0 aromatic heterocycles. The van der Waals surface area contributed by atoms with Gasteiger partial charge in [-0.2, -0.15) is 0 Å². The highest BCUT2D eigenvalue weighted by molar-refractivity contribution is 5.34. The van der Waals surface area contributed by atoms with E-state index in [0.29, 0.717) is 12.0 Å². The van der Waals surface area contributed by atoms with Gasteiger partial charge in [0.25, 0.3) is 0 Å². The Kier molecular flexibility index (Phi) is 5.62. The van der Waals surface area contributed by atoms with Crippen molar-refractivity contribution in [2.24, 2.45) is 5.92 Å². The molecular weight excluding hydrogens is 248 g/mol. The average molecular weight is 276 g/mol. The van der Waals surface area contributed by atoms with E-state index >= 15 is 0 Å². The first-order valence-electron chi connectivity index (χ1n) is 8.09. The Bertz CT molecular complexity index is 421. The summed E-state index contributed by atoms with van der Waals surface area (Å²) < 4.78 is 5.60. The zero-order chi connectivity index (χ0) is 14.5. The van der Waals surface area contributed by atoms with Crippen molar-refractivity contribution in [2.75, 3.05) is 6.61 Å². The van der Waals surface area contributed by atoms with Crippen molar-refractivity contribution in [1.29, 1.82) is 0 Å². The molecule has 2 heteroatoms. The van der Waals surface area contributed by atoms with Crippen molar-refractivity contribution in [3.8, 4) is 0 Å². The minimum absolute atomic E-state index is 0.316. The summed E-state index contributed by atoms with van der Waals surface area (Å²) in [5.41, 5.74) is 3.75. The van der Waals surface area contributed by atoms with Gasteiger partial charge in [0.1, 0.15) is 0 Å². The molecule has 0 radical (unpaired) electrons. The largest absolute Gasteiger partial charge is 0.388 e. The van der Waals surface area contributed by atoms with Gasteiger partial charge in [-0.1, -0.05) is 32.0 Å². The molecule has 112 valence electrons. The molecule has 1 saturated carbocycles. The molecule has 1 aromatic rings. The van der Waals surface area contributed by atoms with E-state index in [2.05, 4.69) is 32.0 Å². The van der Waals surface area contributed by atoms with Gasteiger partial charge in [-0.05, 0) is 61.6 Å². The van der Waals surface area contributed by atoms with Crippen molar-refractivity contribution in [3.63, 3.8) is 0 Å². The summed E-state index contributed by atoms with van der Waals surface area (Å²) in [5.74, 6) is 0.622. The van der Waals surface area contributed by atoms with Gasteiger partial charge in [0.2, 0.25) is 0 Å². The molecule has 1 aromatic carbocycles. The van der Waals surface area contributed by atoms with E-state index in [-0.39, 0.29) is 6.10 Å². The van der Waals surface area contributed by atoms with Crippen molar-refractivity contribution in [1.82, 2.24) is 0 Å². The van der Waals surface area contributed by atoms with Crippen LogP contribution in [-0.2, 0) is 17.6 Å². The lowest BCUT2D eigenvalue weighted by Crippen LogP contribution is -2.32. The maximum atomic E-state index is 10.6. The van der Waals surface area contributed by atoms with Crippen LogP contribution >= 0.6 is 0 Å². The zero-order valence-corrected chi connectivity index (χ0v) is 13.1. The fourth-order valence-electron chi connectivity index (χ4n) is 3.18. The second kappa shape index (κ2) is 7.24. The Labute approximate surface area is 123 Å². The monoisotopic (exact) mass is 276 g/mol. The fourth-order valence-corrected chi connectivity index (χ4v) is 3.18. The average Bonchev–Trinajstić information content (AvgIpc) is 2.44. The van der Waals surface area contributed by atoms with Crippen molar-refractivity contribution in [3.05, 3.63) is 34.9 Å². The molecular formula is C18H28O2. The highest BCUT2D eigenvalue weighted by Crippen LogP contribution is 2.37. The summed E-state index contributed by atoms with van der Waals surface area (Å²) in [5, 5.41) is 10.6. The van der Waals surface area contributed by atoms with E-state index in [1.807, 2.05) is 6.92 Å². The normalized spacial score (nSPS) is 23.4. The SMILES string of the molecule is CCOC1CC(CC(O)c2cc(CC)ccc2CC)C1. The quantitative estimate of drug-likeness (QED) is 0.814. The van der Waals surface area contributed by atoms with Gasteiger partial charge in [0.05, 0.1) is 12.2 Å². The summed E-state index contributed by atoms with van der Waals surface area (Å²) in [4.78, 5) is 0. The van der Waals surface area contributed by atoms with E-state index < -0.39 is 0 Å². The molecule has 2 nitrogen and oxygen atoms in total. The number of benzene rings is 1. The van der Waals surface area contributed by atoms with Gasteiger partial charge in [-0.25, -0.2) is 0 Å².